The lowest BCUT2D eigenvalue weighted by Crippen LogP contribution is -2.33. The molecule has 0 unspecified atom stereocenters. The molecule has 8 heteroatoms. The van der Waals surface area contributed by atoms with Gasteiger partial charge in [0.25, 0.3) is 0 Å². The molecule has 0 aliphatic carbocycles. The van der Waals surface area contributed by atoms with Crippen LogP contribution < -0.4 is 5.73 Å². The molecular formula is C14H15NO7. The highest BCUT2D eigenvalue weighted by molar-refractivity contribution is 5.65. The van der Waals surface area contributed by atoms with Crippen LogP contribution in [0.25, 0.3) is 0 Å². The van der Waals surface area contributed by atoms with E-state index in [1.807, 2.05) is 30.3 Å². The Bertz CT molecular complexity index is 549. The van der Waals surface area contributed by atoms with E-state index in [-0.39, 0.29) is 13.2 Å². The lowest BCUT2D eigenvalue weighted by Gasteiger charge is -2.16. The second kappa shape index (κ2) is 6.20. The summed E-state index contributed by atoms with van der Waals surface area (Å²) >= 11 is 0. The molecule has 0 spiro atoms. The van der Waals surface area contributed by atoms with Crippen molar-refractivity contribution >= 4 is 12.2 Å². The highest BCUT2D eigenvalue weighted by Gasteiger charge is 2.55. The van der Waals surface area contributed by atoms with E-state index in [0.29, 0.717) is 0 Å². The number of hydrogen-bond acceptors (Lipinski definition) is 7. The van der Waals surface area contributed by atoms with E-state index in [4.69, 9.17) is 29.4 Å². The van der Waals surface area contributed by atoms with Crippen molar-refractivity contribution in [2.75, 3.05) is 6.61 Å². The van der Waals surface area contributed by atoms with E-state index >= 15 is 0 Å². The summed E-state index contributed by atoms with van der Waals surface area (Å²) in [4.78, 5) is 22.0. The Morgan fingerprint density at radius 3 is 2.64 bits per heavy atom. The monoisotopic (exact) mass is 309 g/mol. The molecule has 118 valence electrons. The summed E-state index contributed by atoms with van der Waals surface area (Å²) in [5, 5.41) is 0. The third-order valence-corrected chi connectivity index (χ3v) is 3.38. The Hall–Kier alpha value is -2.32. The smallest absolute Gasteiger partial charge is 0.447 e. The molecule has 2 N–H and O–H groups in total. The van der Waals surface area contributed by atoms with Crippen LogP contribution in [0, 0.1) is 0 Å². The van der Waals surface area contributed by atoms with Gasteiger partial charge in [0.05, 0.1) is 6.61 Å². The summed E-state index contributed by atoms with van der Waals surface area (Å²) in [5.41, 5.74) is 5.87. The molecule has 22 heavy (non-hydrogen) atoms. The van der Waals surface area contributed by atoms with E-state index in [1.54, 1.807) is 0 Å². The van der Waals surface area contributed by atoms with Gasteiger partial charge in [-0.2, -0.15) is 0 Å². The molecular weight excluding hydrogens is 294 g/mol. The number of ether oxygens (including phenoxy) is 5. The van der Waals surface area contributed by atoms with Crippen LogP contribution in [0.5, 0.6) is 0 Å². The van der Waals surface area contributed by atoms with Crippen molar-refractivity contribution in [3.63, 3.8) is 0 Å². The van der Waals surface area contributed by atoms with Gasteiger partial charge < -0.3 is 29.4 Å². The third-order valence-electron chi connectivity index (χ3n) is 3.38. The normalized spacial score (nSPS) is 29.5. The first-order valence-electron chi connectivity index (χ1n) is 6.74. The third kappa shape index (κ3) is 3.12. The van der Waals surface area contributed by atoms with Crippen molar-refractivity contribution in [2.24, 2.45) is 5.73 Å². The average molecular weight is 309 g/mol. The quantitative estimate of drug-likeness (QED) is 0.806. The molecule has 1 aromatic carbocycles. The molecule has 1 amide bonds. The van der Waals surface area contributed by atoms with Crippen LogP contribution in [0.15, 0.2) is 30.3 Å². The Kier molecular flexibility index (Phi) is 4.12. The number of amides is 1. The number of primary amides is 1. The molecule has 0 saturated carbocycles. The van der Waals surface area contributed by atoms with Gasteiger partial charge in [0.15, 0.2) is 18.5 Å². The average Bonchev–Trinajstić information content (AvgIpc) is 3.02. The van der Waals surface area contributed by atoms with Gasteiger partial charge in [-0.1, -0.05) is 30.3 Å². The molecule has 0 radical (unpaired) electrons. The summed E-state index contributed by atoms with van der Waals surface area (Å²) in [5.74, 6) is 0. The van der Waals surface area contributed by atoms with Crippen LogP contribution in [0.3, 0.4) is 0 Å². The van der Waals surface area contributed by atoms with Crippen LogP contribution in [-0.4, -0.2) is 43.5 Å². The molecule has 3 rings (SSSR count). The zero-order valence-corrected chi connectivity index (χ0v) is 11.5. The Labute approximate surface area is 126 Å². The summed E-state index contributed by atoms with van der Waals surface area (Å²) in [6.45, 7) is 0.147. The number of carbonyl (C=O) groups is 2. The Morgan fingerprint density at radius 2 is 1.91 bits per heavy atom. The lowest BCUT2D eigenvalue weighted by molar-refractivity contribution is -0.178. The Morgan fingerprint density at radius 1 is 1.18 bits per heavy atom. The molecule has 2 saturated heterocycles. The van der Waals surface area contributed by atoms with Gasteiger partial charge in [0.2, 0.25) is 0 Å². The van der Waals surface area contributed by atoms with Crippen molar-refractivity contribution in [3.8, 4) is 0 Å². The Balaban J connectivity index is 1.61. The first-order valence-corrected chi connectivity index (χ1v) is 6.74. The molecule has 2 aliphatic heterocycles. The molecule has 0 aromatic heterocycles. The number of benzene rings is 1. The van der Waals surface area contributed by atoms with Crippen molar-refractivity contribution < 1.29 is 33.3 Å². The maximum Gasteiger partial charge on any atom is 0.509 e. The minimum atomic E-state index is -0.931. The van der Waals surface area contributed by atoms with Gasteiger partial charge in [-0.3, -0.25) is 0 Å². The van der Waals surface area contributed by atoms with Crippen molar-refractivity contribution in [1.29, 1.82) is 0 Å². The standard InChI is InChI=1S/C14H15NO7/c15-13(16)19-7-9-10-11(22-14(17)21-10)12(20-9)18-6-8-4-2-1-3-5-8/h1-5,9-12H,6-7H2,(H2,15,16)/t9-,10-,11-,12-/m1/s1. The number of hydrogen-bond donors (Lipinski definition) is 1. The largest absolute Gasteiger partial charge is 0.509 e. The number of rotatable bonds is 5. The van der Waals surface area contributed by atoms with Gasteiger partial charge in [-0.25, -0.2) is 9.59 Å². The van der Waals surface area contributed by atoms with Gasteiger partial charge in [-0.05, 0) is 5.56 Å². The SMILES string of the molecule is NC(=O)OC[C@H]1O[C@@H](OCc2ccccc2)[C@@H]2OC(=O)O[C@@H]21. The van der Waals surface area contributed by atoms with Gasteiger partial charge >= 0.3 is 12.2 Å². The molecule has 0 bridgehead atoms. The fourth-order valence-corrected chi connectivity index (χ4v) is 2.39. The van der Waals surface area contributed by atoms with E-state index in [0.717, 1.165) is 5.56 Å². The lowest BCUT2D eigenvalue weighted by atomic mass is 10.1. The summed E-state index contributed by atoms with van der Waals surface area (Å²) in [7, 11) is 0. The first kappa shape index (κ1) is 14.6. The van der Waals surface area contributed by atoms with Crippen molar-refractivity contribution in [3.05, 3.63) is 35.9 Å². The van der Waals surface area contributed by atoms with E-state index in [9.17, 15) is 9.59 Å². The second-order valence-corrected chi connectivity index (χ2v) is 4.88. The van der Waals surface area contributed by atoms with E-state index < -0.39 is 36.9 Å². The van der Waals surface area contributed by atoms with Crippen LogP contribution >= 0.6 is 0 Å². The predicted octanol–water partition coefficient (Wildman–Crippen LogP) is 0.927. The van der Waals surface area contributed by atoms with Crippen LogP contribution in [-0.2, 0) is 30.3 Å². The van der Waals surface area contributed by atoms with Crippen LogP contribution in [0.4, 0.5) is 9.59 Å². The highest BCUT2D eigenvalue weighted by atomic mass is 16.8. The van der Waals surface area contributed by atoms with Crippen molar-refractivity contribution in [2.45, 2.75) is 31.2 Å². The fourth-order valence-electron chi connectivity index (χ4n) is 2.39. The highest BCUT2D eigenvalue weighted by Crippen LogP contribution is 2.33. The zero-order chi connectivity index (χ0) is 15.5. The first-order chi connectivity index (χ1) is 10.6. The predicted molar refractivity (Wildman–Crippen MR) is 70.6 cm³/mol. The molecule has 2 aliphatic rings. The number of fused-ring (bicyclic) bond motifs is 1. The number of carbonyl (C=O) groups excluding carboxylic acids is 2. The maximum absolute atomic E-state index is 11.3. The minimum absolute atomic E-state index is 0.141. The summed E-state index contributed by atoms with van der Waals surface area (Å²) in [6.07, 6.45) is -4.58. The second-order valence-electron chi connectivity index (χ2n) is 4.88. The molecule has 1 aromatic rings. The van der Waals surface area contributed by atoms with Gasteiger partial charge in [0, 0.05) is 0 Å². The fraction of sp³-hybridized carbons (Fsp3) is 0.429. The van der Waals surface area contributed by atoms with E-state index in [1.165, 1.54) is 0 Å². The van der Waals surface area contributed by atoms with Crippen LogP contribution in [0.2, 0.25) is 0 Å². The molecule has 2 fully saturated rings. The van der Waals surface area contributed by atoms with Gasteiger partial charge in [-0.15, -0.1) is 0 Å². The molecule has 4 atom stereocenters. The summed E-state index contributed by atoms with van der Waals surface area (Å²) in [6, 6.07) is 9.47. The zero-order valence-electron chi connectivity index (χ0n) is 11.5. The van der Waals surface area contributed by atoms with Gasteiger partial charge in [0.1, 0.15) is 12.7 Å². The van der Waals surface area contributed by atoms with Crippen molar-refractivity contribution in [1.82, 2.24) is 0 Å². The van der Waals surface area contributed by atoms with E-state index in [2.05, 4.69) is 0 Å². The molecule has 8 nitrogen and oxygen atoms in total. The minimum Gasteiger partial charge on any atom is -0.447 e. The molecule has 2 heterocycles. The maximum atomic E-state index is 11.3. The number of nitrogens with two attached hydrogens (primary N) is 1. The topological polar surface area (TPSA) is 106 Å². The van der Waals surface area contributed by atoms with Crippen LogP contribution in [0.1, 0.15) is 5.56 Å². The summed E-state index contributed by atoms with van der Waals surface area (Å²) < 4.78 is 26.0.